The molecular weight excluding hydrogens is 534 g/mol. The van der Waals surface area contributed by atoms with Crippen molar-refractivity contribution >= 4 is 54.4 Å². The van der Waals surface area contributed by atoms with Gasteiger partial charge in [-0.3, -0.25) is 19.2 Å². The minimum absolute atomic E-state index is 0.0245. The maximum atomic E-state index is 12.8. The van der Waals surface area contributed by atoms with Crippen molar-refractivity contribution in [3.05, 3.63) is 102 Å². The van der Waals surface area contributed by atoms with E-state index in [4.69, 9.17) is 0 Å². The smallest absolute Gasteiger partial charge is 0.275 e. The molecule has 3 N–H and O–H groups in total. The van der Waals surface area contributed by atoms with Crippen LogP contribution in [0.4, 0.5) is 11.4 Å². The highest BCUT2D eigenvalue weighted by atomic mass is 32.2. The number of rotatable bonds is 9. The van der Waals surface area contributed by atoms with Gasteiger partial charge >= 0.3 is 0 Å². The van der Waals surface area contributed by atoms with E-state index in [2.05, 4.69) is 25.0 Å². The fraction of sp³-hybridized carbons (Fsp3) is 0.0417. The SMILES string of the molecule is C/C(=N/NC(=O)c1cnccc1NS(=O)(=O)c1cccs1)c1cccc(NS(=O)(=O)c2ccccc2)c1. The van der Waals surface area contributed by atoms with E-state index in [-0.39, 0.29) is 20.4 Å². The van der Waals surface area contributed by atoms with Crippen molar-refractivity contribution in [2.75, 3.05) is 9.44 Å². The number of amides is 1. The number of aromatic nitrogens is 1. The molecule has 0 saturated carbocycles. The van der Waals surface area contributed by atoms with Gasteiger partial charge in [-0.2, -0.15) is 5.10 Å². The second-order valence-corrected chi connectivity index (χ2v) is 12.1. The Morgan fingerprint density at radius 1 is 0.892 bits per heavy atom. The molecule has 0 aliphatic carbocycles. The van der Waals surface area contributed by atoms with Gasteiger partial charge in [0, 0.05) is 18.1 Å². The van der Waals surface area contributed by atoms with Gasteiger partial charge in [0.25, 0.3) is 26.0 Å². The molecule has 2 aromatic heterocycles. The molecule has 1 amide bonds. The lowest BCUT2D eigenvalue weighted by molar-refractivity contribution is 0.0955. The summed E-state index contributed by atoms with van der Waals surface area (Å²) < 4.78 is 55.4. The van der Waals surface area contributed by atoms with Crippen LogP contribution < -0.4 is 14.9 Å². The summed E-state index contributed by atoms with van der Waals surface area (Å²) in [4.78, 5) is 16.8. The Morgan fingerprint density at radius 3 is 2.41 bits per heavy atom. The number of thiophene rings is 1. The molecule has 13 heteroatoms. The van der Waals surface area contributed by atoms with Crippen LogP contribution in [-0.2, 0) is 20.0 Å². The van der Waals surface area contributed by atoms with Gasteiger partial charge in [0.15, 0.2) is 0 Å². The number of hydrazone groups is 1. The van der Waals surface area contributed by atoms with Gasteiger partial charge in [-0.25, -0.2) is 22.3 Å². The van der Waals surface area contributed by atoms with Crippen LogP contribution in [0.25, 0.3) is 0 Å². The zero-order valence-corrected chi connectivity index (χ0v) is 21.8. The normalized spacial score (nSPS) is 12.1. The third-order valence-corrected chi connectivity index (χ3v) is 9.14. The molecule has 0 saturated heterocycles. The average Bonchev–Trinajstić information content (AvgIpc) is 3.44. The van der Waals surface area contributed by atoms with E-state index >= 15 is 0 Å². The van der Waals surface area contributed by atoms with Crippen LogP contribution in [0.3, 0.4) is 0 Å². The highest BCUT2D eigenvalue weighted by Gasteiger charge is 2.20. The van der Waals surface area contributed by atoms with Crippen molar-refractivity contribution in [2.45, 2.75) is 16.0 Å². The topological polar surface area (TPSA) is 147 Å². The second-order valence-electron chi connectivity index (χ2n) is 7.60. The molecule has 190 valence electrons. The molecule has 37 heavy (non-hydrogen) atoms. The fourth-order valence-corrected chi connectivity index (χ4v) is 6.30. The minimum atomic E-state index is -3.87. The summed E-state index contributed by atoms with van der Waals surface area (Å²) in [5, 5.41) is 5.72. The largest absolute Gasteiger partial charge is 0.280 e. The summed E-state index contributed by atoms with van der Waals surface area (Å²) >= 11 is 1.05. The van der Waals surface area contributed by atoms with Crippen LogP contribution in [0.5, 0.6) is 0 Å². The predicted octanol–water partition coefficient (Wildman–Crippen LogP) is 3.90. The van der Waals surface area contributed by atoms with Gasteiger partial charge < -0.3 is 0 Å². The summed E-state index contributed by atoms with van der Waals surface area (Å²) in [6.45, 7) is 1.63. The van der Waals surface area contributed by atoms with Gasteiger partial charge in [0.05, 0.1) is 21.9 Å². The molecule has 0 atom stereocenters. The van der Waals surface area contributed by atoms with Gasteiger partial charge in [-0.1, -0.05) is 36.4 Å². The Hall–Kier alpha value is -4.07. The first-order valence-electron chi connectivity index (χ1n) is 10.7. The van der Waals surface area contributed by atoms with Crippen LogP contribution in [0, 0.1) is 0 Å². The average molecular weight is 556 g/mol. The van der Waals surface area contributed by atoms with E-state index in [1.165, 1.54) is 36.7 Å². The number of sulfonamides is 2. The van der Waals surface area contributed by atoms with Gasteiger partial charge in [-0.05, 0) is 54.3 Å². The first-order chi connectivity index (χ1) is 17.7. The van der Waals surface area contributed by atoms with Gasteiger partial charge in [-0.15, -0.1) is 11.3 Å². The second kappa shape index (κ2) is 10.9. The summed E-state index contributed by atoms with van der Waals surface area (Å²) in [7, 11) is -7.65. The Balaban J connectivity index is 1.49. The molecule has 0 aliphatic heterocycles. The summed E-state index contributed by atoms with van der Waals surface area (Å²) in [6, 6.07) is 18.9. The van der Waals surface area contributed by atoms with Crippen molar-refractivity contribution in [1.82, 2.24) is 10.4 Å². The van der Waals surface area contributed by atoms with Crippen LogP contribution >= 0.6 is 11.3 Å². The van der Waals surface area contributed by atoms with E-state index in [1.807, 2.05) is 0 Å². The van der Waals surface area contributed by atoms with E-state index in [9.17, 15) is 21.6 Å². The number of pyridine rings is 1. The molecule has 2 heterocycles. The van der Waals surface area contributed by atoms with Crippen LogP contribution in [-0.4, -0.2) is 33.4 Å². The number of benzene rings is 2. The van der Waals surface area contributed by atoms with Gasteiger partial charge in [0.2, 0.25) is 0 Å². The molecule has 0 fully saturated rings. The Morgan fingerprint density at radius 2 is 1.68 bits per heavy atom. The maximum absolute atomic E-state index is 12.8. The third-order valence-electron chi connectivity index (χ3n) is 4.98. The number of carbonyl (C=O) groups is 1. The number of nitrogens with zero attached hydrogens (tertiary/aromatic N) is 2. The first-order valence-corrected chi connectivity index (χ1v) is 14.5. The van der Waals surface area contributed by atoms with Crippen molar-refractivity contribution in [1.29, 1.82) is 0 Å². The number of carbonyl (C=O) groups excluding carboxylic acids is 1. The predicted molar refractivity (Wildman–Crippen MR) is 143 cm³/mol. The zero-order chi connectivity index (χ0) is 26.5. The molecule has 0 aliphatic rings. The molecule has 10 nitrogen and oxygen atoms in total. The fourth-order valence-electron chi connectivity index (χ4n) is 3.16. The van der Waals surface area contributed by atoms with E-state index < -0.39 is 26.0 Å². The van der Waals surface area contributed by atoms with Crippen molar-refractivity contribution in [2.24, 2.45) is 5.10 Å². The highest BCUT2D eigenvalue weighted by molar-refractivity contribution is 7.94. The summed E-state index contributed by atoms with van der Waals surface area (Å²) in [5.74, 6) is -0.683. The van der Waals surface area contributed by atoms with E-state index in [1.54, 1.807) is 60.8 Å². The molecule has 0 bridgehead atoms. The standard InChI is InChI=1S/C24H21N5O5S3/c1-17(18-7-5-8-19(15-18)28-36(31,32)20-9-3-2-4-10-20)26-27-24(30)21-16-25-13-12-22(21)29-37(33,34)23-11-6-14-35-23/h2-16,28H,1H3,(H,25,29)(H,27,30)/b26-17-. The molecule has 0 unspecified atom stereocenters. The van der Waals surface area contributed by atoms with E-state index in [0.29, 0.717) is 17.0 Å². The quantitative estimate of drug-likeness (QED) is 0.211. The van der Waals surface area contributed by atoms with Crippen molar-refractivity contribution < 1.29 is 21.6 Å². The highest BCUT2D eigenvalue weighted by Crippen LogP contribution is 2.22. The molecule has 2 aromatic carbocycles. The Labute approximate surface area is 218 Å². The zero-order valence-electron chi connectivity index (χ0n) is 19.3. The van der Waals surface area contributed by atoms with Crippen LogP contribution in [0.15, 0.2) is 105 Å². The molecule has 4 aromatic rings. The maximum Gasteiger partial charge on any atom is 0.275 e. The molecule has 4 rings (SSSR count). The Kier molecular flexibility index (Phi) is 7.66. The van der Waals surface area contributed by atoms with Crippen LogP contribution in [0.2, 0.25) is 0 Å². The molecular formula is C24H21N5O5S3. The molecule has 0 radical (unpaired) electrons. The summed E-state index contributed by atoms with van der Waals surface area (Å²) in [5.41, 5.74) is 3.67. The number of anilines is 2. The van der Waals surface area contributed by atoms with Gasteiger partial charge in [0.1, 0.15) is 4.21 Å². The summed E-state index contributed by atoms with van der Waals surface area (Å²) in [6.07, 6.45) is 2.59. The molecule has 0 spiro atoms. The number of hydrogen-bond donors (Lipinski definition) is 3. The lowest BCUT2D eigenvalue weighted by atomic mass is 10.1. The lowest BCUT2D eigenvalue weighted by Crippen LogP contribution is -2.22. The van der Waals surface area contributed by atoms with Crippen molar-refractivity contribution in [3.8, 4) is 0 Å². The van der Waals surface area contributed by atoms with Crippen molar-refractivity contribution in [3.63, 3.8) is 0 Å². The Bertz CT molecular complexity index is 1650. The minimum Gasteiger partial charge on any atom is -0.280 e. The monoisotopic (exact) mass is 555 g/mol. The number of nitrogens with one attached hydrogen (secondary N) is 3. The third kappa shape index (κ3) is 6.39. The van der Waals surface area contributed by atoms with E-state index in [0.717, 1.165) is 11.3 Å². The number of hydrogen-bond acceptors (Lipinski definition) is 8. The van der Waals surface area contributed by atoms with Crippen LogP contribution in [0.1, 0.15) is 22.8 Å². The lowest BCUT2D eigenvalue weighted by Gasteiger charge is -2.11. The first kappa shape index (κ1) is 26.0.